The summed E-state index contributed by atoms with van der Waals surface area (Å²) in [6.45, 7) is -1.75. The Balaban J connectivity index is 0.950. The smallest absolute Gasteiger partial charge is 0.331 e. The second-order valence-corrected chi connectivity index (χ2v) is 14.7. The number of aliphatic hydroxyl groups excluding tert-OH is 11. The lowest BCUT2D eigenvalue weighted by molar-refractivity contribution is -0.325. The van der Waals surface area contributed by atoms with E-state index in [0.717, 1.165) is 6.08 Å². The monoisotopic (exact) mass is 867 g/mol. The molecule has 0 aromatic heterocycles. The van der Waals surface area contributed by atoms with E-state index in [2.05, 4.69) is 0 Å². The normalized spacial score (nSPS) is 39.9. The minimum atomic E-state index is -1.76. The number of ether oxygens (including phenoxy) is 9. The number of rotatable bonds is 14. The first-order valence-electron chi connectivity index (χ1n) is 19.2. The van der Waals surface area contributed by atoms with Gasteiger partial charge in [-0.1, -0.05) is 42.5 Å². The van der Waals surface area contributed by atoms with Crippen LogP contribution in [0, 0.1) is 11.3 Å². The van der Waals surface area contributed by atoms with Gasteiger partial charge in [-0.3, -0.25) is 0 Å². The molecular weight excluding hydrogens is 818 g/mol. The van der Waals surface area contributed by atoms with Crippen molar-refractivity contribution in [2.75, 3.05) is 26.4 Å². The summed E-state index contributed by atoms with van der Waals surface area (Å²) in [5, 5.41) is 123. The van der Waals surface area contributed by atoms with Gasteiger partial charge in [-0.05, 0) is 29.3 Å². The largest absolute Gasteiger partial charge is 0.462 e. The molecule has 0 unspecified atom stereocenters. The summed E-state index contributed by atoms with van der Waals surface area (Å²) in [4.78, 5) is 12.6. The molecule has 0 radical (unpaired) electrons. The number of nitrogens with zero attached hydrogens (tertiary/aromatic N) is 1. The summed E-state index contributed by atoms with van der Waals surface area (Å²) in [5.74, 6) is -0.773. The molecule has 19 atom stereocenters. The van der Waals surface area contributed by atoms with Crippen LogP contribution in [0.5, 0.6) is 5.75 Å². The standard InChI is InChI=1S/C39H49NO21/c40-12-21(18-4-2-1-3-5-18)59-39-35(52)31(48)28(45)24(61-39)16-56-37-33(50)29(46)22(14-54-37)58-25(42)11-8-17-6-9-19(10-7-17)57-38-34(51)30(47)27(44)23(60-38)15-55-36-32(49)26(43)20(41)13-53-36/h1-11,20-24,26-39,41,43-52H,13-16H2/b11-8-/t20-,21-,22+,23+,24+,26+,27-,28+,29-,30+,31-,32+,33+,34+,35+,36+,37+,38-,39-/m0/s1. The average molecular weight is 868 g/mol. The van der Waals surface area contributed by atoms with Gasteiger partial charge >= 0.3 is 5.97 Å². The van der Waals surface area contributed by atoms with E-state index in [0.29, 0.717) is 11.1 Å². The van der Waals surface area contributed by atoms with Crippen LogP contribution in [0.15, 0.2) is 60.7 Å². The first-order valence-corrected chi connectivity index (χ1v) is 19.2. The third-order valence-corrected chi connectivity index (χ3v) is 10.4. The average Bonchev–Trinajstić information content (AvgIpc) is 3.26. The van der Waals surface area contributed by atoms with Crippen molar-refractivity contribution < 1.29 is 104 Å². The van der Waals surface area contributed by atoms with E-state index in [-0.39, 0.29) is 12.4 Å². The van der Waals surface area contributed by atoms with Crippen molar-refractivity contribution >= 4 is 12.0 Å². The van der Waals surface area contributed by atoms with E-state index in [1.54, 1.807) is 30.3 Å². The van der Waals surface area contributed by atoms with Crippen LogP contribution in [0.2, 0.25) is 0 Å². The highest BCUT2D eigenvalue weighted by molar-refractivity contribution is 5.87. The van der Waals surface area contributed by atoms with Crippen LogP contribution in [0.4, 0.5) is 0 Å². The summed E-state index contributed by atoms with van der Waals surface area (Å²) in [5.41, 5.74) is 0.913. The summed E-state index contributed by atoms with van der Waals surface area (Å²) in [6, 6.07) is 16.2. The number of nitriles is 1. The van der Waals surface area contributed by atoms with Crippen molar-refractivity contribution in [2.45, 2.75) is 117 Å². The summed E-state index contributed by atoms with van der Waals surface area (Å²) in [7, 11) is 0. The molecule has 61 heavy (non-hydrogen) atoms. The molecule has 22 nitrogen and oxygen atoms in total. The number of esters is 1. The molecule has 2 aromatic rings. The Morgan fingerprint density at radius 1 is 0.656 bits per heavy atom. The van der Waals surface area contributed by atoms with Crippen LogP contribution < -0.4 is 4.74 Å². The predicted molar refractivity (Wildman–Crippen MR) is 197 cm³/mol. The summed E-state index contributed by atoms with van der Waals surface area (Å²) in [6.07, 6.45) is -26.9. The van der Waals surface area contributed by atoms with Crippen molar-refractivity contribution in [1.29, 1.82) is 5.26 Å². The molecule has 0 amide bonds. The molecule has 2 aromatic carbocycles. The van der Waals surface area contributed by atoms with Gasteiger partial charge in [-0.15, -0.1) is 0 Å². The highest BCUT2D eigenvalue weighted by Gasteiger charge is 2.48. The Morgan fingerprint density at radius 2 is 1.20 bits per heavy atom. The lowest BCUT2D eigenvalue weighted by Crippen LogP contribution is -2.61. The second-order valence-electron chi connectivity index (χ2n) is 14.7. The molecule has 336 valence electrons. The first-order chi connectivity index (χ1) is 29.2. The van der Waals surface area contributed by atoms with E-state index >= 15 is 0 Å². The molecule has 22 heteroatoms. The zero-order valence-electron chi connectivity index (χ0n) is 32.1. The van der Waals surface area contributed by atoms with E-state index < -0.39 is 143 Å². The van der Waals surface area contributed by atoms with Gasteiger partial charge in [0.1, 0.15) is 85.1 Å². The van der Waals surface area contributed by atoms with E-state index in [1.165, 1.54) is 30.3 Å². The summed E-state index contributed by atoms with van der Waals surface area (Å²) >= 11 is 0. The van der Waals surface area contributed by atoms with Crippen LogP contribution in [-0.2, 0) is 42.7 Å². The van der Waals surface area contributed by atoms with Crippen LogP contribution in [0.3, 0.4) is 0 Å². The lowest BCUT2D eigenvalue weighted by atomic mass is 9.99. The van der Waals surface area contributed by atoms with Gasteiger partial charge < -0.3 is 98.8 Å². The Labute approximate surface area is 347 Å². The number of hydrogen-bond acceptors (Lipinski definition) is 22. The molecule has 4 saturated heterocycles. The van der Waals surface area contributed by atoms with Crippen molar-refractivity contribution in [2.24, 2.45) is 0 Å². The fourth-order valence-electron chi connectivity index (χ4n) is 6.73. The topological polar surface area (TPSA) is 346 Å². The molecule has 4 fully saturated rings. The molecule has 4 aliphatic rings. The summed E-state index contributed by atoms with van der Waals surface area (Å²) < 4.78 is 49.3. The van der Waals surface area contributed by atoms with Crippen molar-refractivity contribution in [3.63, 3.8) is 0 Å². The van der Waals surface area contributed by atoms with Crippen LogP contribution in [0.1, 0.15) is 17.2 Å². The SMILES string of the molecule is N#C[C@H](O[C@H]1O[C@H](CO[C@H]2OC[C@@H](OC(=O)/C=C\c3ccc(O[C@H]4O[C@H](CO[C@H]5OC[C@H](O)[C@@H](O)[C@H]5O)[C@H](O)[C@@H](O)[C@H]4O)cc3)[C@H](O)[C@H]2O)[C@@H](O)[C@H](O)[C@H]1O)c1ccccc1. The molecule has 0 aliphatic carbocycles. The highest BCUT2D eigenvalue weighted by atomic mass is 16.7. The van der Waals surface area contributed by atoms with Crippen molar-refractivity contribution in [3.05, 3.63) is 71.8 Å². The highest BCUT2D eigenvalue weighted by Crippen LogP contribution is 2.30. The van der Waals surface area contributed by atoms with E-state index in [4.69, 9.17) is 42.6 Å². The zero-order valence-corrected chi connectivity index (χ0v) is 32.1. The van der Waals surface area contributed by atoms with Gasteiger partial charge in [-0.25, -0.2) is 4.79 Å². The molecule has 4 heterocycles. The van der Waals surface area contributed by atoms with Gasteiger partial charge in [0.25, 0.3) is 0 Å². The van der Waals surface area contributed by atoms with Gasteiger partial charge in [-0.2, -0.15) is 5.26 Å². The maximum Gasteiger partial charge on any atom is 0.331 e. The third-order valence-electron chi connectivity index (χ3n) is 10.4. The number of benzene rings is 2. The Morgan fingerprint density at radius 3 is 1.80 bits per heavy atom. The Kier molecular flexibility index (Phi) is 16.1. The second kappa shape index (κ2) is 21.1. The number of hydrogen-bond donors (Lipinski definition) is 11. The maximum atomic E-state index is 12.6. The fourth-order valence-corrected chi connectivity index (χ4v) is 6.73. The van der Waals surface area contributed by atoms with Gasteiger partial charge in [0.15, 0.2) is 31.1 Å². The molecule has 0 saturated carbocycles. The fraction of sp³-hybridized carbons (Fsp3) is 0.590. The Bertz CT molecular complexity index is 1770. The third kappa shape index (κ3) is 11.2. The minimum Gasteiger partial charge on any atom is -0.462 e. The predicted octanol–water partition coefficient (Wildman–Crippen LogP) is -4.56. The zero-order chi connectivity index (χ0) is 44.0. The molecule has 11 N–H and O–H groups in total. The van der Waals surface area contributed by atoms with E-state index in [9.17, 15) is 66.2 Å². The van der Waals surface area contributed by atoms with Crippen LogP contribution in [0.25, 0.3) is 6.08 Å². The minimum absolute atomic E-state index is 0.144. The lowest BCUT2D eigenvalue weighted by Gasteiger charge is -2.42. The van der Waals surface area contributed by atoms with Crippen molar-refractivity contribution in [3.8, 4) is 11.8 Å². The first kappa shape index (κ1) is 46.7. The Hall–Kier alpha value is -3.78. The van der Waals surface area contributed by atoms with Gasteiger partial charge in [0.05, 0.1) is 32.5 Å². The maximum absolute atomic E-state index is 12.6. The number of aliphatic hydroxyl groups is 11. The molecule has 0 bridgehead atoms. The molecule has 4 aliphatic heterocycles. The number of carbonyl (C=O) groups excluding carboxylic acids is 1. The van der Waals surface area contributed by atoms with Crippen molar-refractivity contribution in [1.82, 2.24) is 0 Å². The van der Waals surface area contributed by atoms with E-state index in [1.807, 2.05) is 6.07 Å². The number of carbonyl (C=O) groups is 1. The molecule has 6 rings (SSSR count). The molecule has 0 spiro atoms. The molecular formula is C39H49NO21. The quantitative estimate of drug-likeness (QED) is 0.0629. The van der Waals surface area contributed by atoms with Gasteiger partial charge in [0.2, 0.25) is 6.29 Å². The van der Waals surface area contributed by atoms with Gasteiger partial charge in [0, 0.05) is 6.08 Å². The van der Waals surface area contributed by atoms with Crippen LogP contribution >= 0.6 is 0 Å². The van der Waals surface area contributed by atoms with Crippen LogP contribution in [-0.4, -0.2) is 199 Å².